The molecule has 0 saturated carbocycles. The Labute approximate surface area is 72.1 Å². The van der Waals surface area contributed by atoms with Crippen molar-refractivity contribution in [2.24, 2.45) is 0 Å². The van der Waals surface area contributed by atoms with Crippen molar-refractivity contribution in [1.29, 1.82) is 0 Å². The van der Waals surface area contributed by atoms with Gasteiger partial charge >= 0.3 is 64.8 Å². The summed E-state index contributed by atoms with van der Waals surface area (Å²) in [5, 5.41) is 0. The minimum atomic E-state index is -1.45. The summed E-state index contributed by atoms with van der Waals surface area (Å²) in [7, 11) is 10.3. The molecule has 60 valence electrons. The molecular formula is C5H13Cl2RuSi-. The van der Waals surface area contributed by atoms with Crippen molar-refractivity contribution in [1.82, 2.24) is 0 Å². The van der Waals surface area contributed by atoms with E-state index in [0.717, 1.165) is 0 Å². The van der Waals surface area contributed by atoms with Crippen LogP contribution in [0.1, 0.15) is 0 Å². The number of hydrogen-bond donors (Lipinski definition) is 0. The van der Waals surface area contributed by atoms with E-state index in [1.165, 1.54) is 0 Å². The second-order valence-corrected chi connectivity index (χ2v) is 14.3. The number of hydrogen-bond acceptors (Lipinski definition) is 0. The summed E-state index contributed by atoms with van der Waals surface area (Å²) >= 11 is -1.45. The predicted molar refractivity (Wildman–Crippen MR) is 47.5 cm³/mol. The van der Waals surface area contributed by atoms with Gasteiger partial charge in [0, 0.05) is 0 Å². The molecule has 0 amide bonds. The Bertz CT molecular complexity index is 102. The standard InChI is InChI=1S/C4H10Si.CH3.2ClH.Ru/c1-5(2,3)4;;;;/h1H,2-4H3;1H3;2*1H;/q;-1;;;+2/p-2. The van der Waals surface area contributed by atoms with Crippen LogP contribution < -0.4 is 0 Å². The van der Waals surface area contributed by atoms with Gasteiger partial charge in [-0.15, -0.1) is 0 Å². The molecule has 0 aliphatic rings. The van der Waals surface area contributed by atoms with Gasteiger partial charge in [0.2, 0.25) is 0 Å². The molecule has 0 bridgehead atoms. The van der Waals surface area contributed by atoms with Gasteiger partial charge in [-0.3, -0.25) is 0 Å². The van der Waals surface area contributed by atoms with E-state index in [4.69, 9.17) is 19.4 Å². The number of halogens is 2. The van der Waals surface area contributed by atoms with Crippen molar-refractivity contribution in [3.05, 3.63) is 7.43 Å². The zero-order chi connectivity index (χ0) is 6.78. The minimum absolute atomic E-state index is 0. The van der Waals surface area contributed by atoms with Crippen LogP contribution in [-0.2, 0) is 13.5 Å². The summed E-state index contributed by atoms with van der Waals surface area (Å²) in [5.74, 6) is 0. The molecule has 0 fully saturated rings. The van der Waals surface area contributed by atoms with Crippen molar-refractivity contribution in [3.8, 4) is 0 Å². The average molecular weight is 273 g/mol. The first-order chi connectivity index (χ1) is 3.42. The largest absolute Gasteiger partial charge is 0.358 e. The number of rotatable bonds is 1. The van der Waals surface area contributed by atoms with Gasteiger partial charge in [-0.2, -0.15) is 0 Å². The molecule has 0 spiro atoms. The van der Waals surface area contributed by atoms with Crippen LogP contribution in [0.4, 0.5) is 0 Å². The zero-order valence-corrected chi connectivity index (χ0v) is 10.4. The van der Waals surface area contributed by atoms with Gasteiger partial charge in [-0.05, 0) is 0 Å². The predicted octanol–water partition coefficient (Wildman–Crippen LogP) is 3.04. The summed E-state index contributed by atoms with van der Waals surface area (Å²) in [6.07, 6.45) is 0. The molecular weight excluding hydrogens is 260 g/mol. The van der Waals surface area contributed by atoms with Gasteiger partial charge in [0.25, 0.3) is 0 Å². The van der Waals surface area contributed by atoms with Crippen LogP contribution in [0.15, 0.2) is 0 Å². The monoisotopic (exact) mass is 273 g/mol. The van der Waals surface area contributed by atoms with Crippen molar-refractivity contribution in [2.75, 3.05) is 0 Å². The summed E-state index contributed by atoms with van der Waals surface area (Å²) in [4.78, 5) is 0. The average Bonchev–Trinajstić information content (AvgIpc) is 1.21. The Kier molecular flexibility index (Phi) is 7.19. The Morgan fingerprint density at radius 3 is 1.56 bits per heavy atom. The molecule has 0 aromatic heterocycles. The molecule has 0 radical (unpaired) electrons. The van der Waals surface area contributed by atoms with Crippen molar-refractivity contribution in [3.63, 3.8) is 0 Å². The quantitative estimate of drug-likeness (QED) is 0.509. The summed E-state index contributed by atoms with van der Waals surface area (Å²) in [6.45, 7) is 6.70. The topological polar surface area (TPSA) is 0 Å². The van der Waals surface area contributed by atoms with Gasteiger partial charge in [-0.1, -0.05) is 0 Å². The first-order valence-corrected chi connectivity index (χ1v) is 11.3. The molecule has 0 unspecified atom stereocenters. The van der Waals surface area contributed by atoms with Crippen LogP contribution in [-0.4, -0.2) is 12.3 Å². The van der Waals surface area contributed by atoms with E-state index in [1.54, 1.807) is 0 Å². The third kappa shape index (κ3) is 12.5. The van der Waals surface area contributed by atoms with Gasteiger partial charge in [0.15, 0.2) is 0 Å². The van der Waals surface area contributed by atoms with Crippen molar-refractivity contribution >= 4 is 31.7 Å². The minimum Gasteiger partial charge on any atom is -0.358 e. The second kappa shape index (κ2) is 5.01. The SMILES string of the molecule is C[Si](C)(C)[CH]=[Ru]([Cl])[Cl].[CH3-]. The molecule has 0 aromatic carbocycles. The smallest absolute Gasteiger partial charge is 0.358 e. The molecule has 0 N–H and O–H groups in total. The van der Waals surface area contributed by atoms with Crippen LogP contribution in [0.3, 0.4) is 0 Å². The first-order valence-electron chi connectivity index (χ1n) is 2.26. The Morgan fingerprint density at radius 2 is 1.56 bits per heavy atom. The van der Waals surface area contributed by atoms with Gasteiger partial charge in [-0.25, -0.2) is 0 Å². The normalized spacial score (nSPS) is 11.9. The van der Waals surface area contributed by atoms with Crippen LogP contribution in [0, 0.1) is 7.43 Å². The van der Waals surface area contributed by atoms with Crippen LogP contribution in [0.5, 0.6) is 0 Å². The summed E-state index contributed by atoms with van der Waals surface area (Å²) in [5.41, 5.74) is 0. The first kappa shape index (κ1) is 12.9. The summed E-state index contributed by atoms with van der Waals surface area (Å²) < 4.78 is 2.17. The fourth-order valence-corrected chi connectivity index (χ4v) is 12.3. The fourth-order valence-electron chi connectivity index (χ4n) is 0.231. The zero-order valence-electron chi connectivity index (χ0n) is 6.19. The summed E-state index contributed by atoms with van der Waals surface area (Å²) in [6, 6.07) is 0. The molecule has 0 aliphatic carbocycles. The third-order valence-electron chi connectivity index (χ3n) is 0.383. The van der Waals surface area contributed by atoms with Crippen molar-refractivity contribution in [2.45, 2.75) is 19.6 Å². The van der Waals surface area contributed by atoms with E-state index in [2.05, 4.69) is 23.9 Å². The molecule has 0 nitrogen and oxygen atoms in total. The van der Waals surface area contributed by atoms with Gasteiger partial charge in [0.05, 0.1) is 0 Å². The third-order valence-corrected chi connectivity index (χ3v) is 9.54. The molecule has 0 heterocycles. The van der Waals surface area contributed by atoms with Crippen LogP contribution in [0.25, 0.3) is 0 Å². The second-order valence-electron chi connectivity index (χ2n) is 2.67. The van der Waals surface area contributed by atoms with Gasteiger partial charge < -0.3 is 7.43 Å². The van der Waals surface area contributed by atoms with Crippen LogP contribution >= 0.6 is 19.4 Å². The molecule has 9 heavy (non-hydrogen) atoms. The molecule has 0 aromatic rings. The Hall–Kier alpha value is 1.29. The van der Waals surface area contributed by atoms with Crippen LogP contribution in [0.2, 0.25) is 19.6 Å². The molecule has 0 aliphatic heterocycles. The van der Waals surface area contributed by atoms with E-state index in [-0.39, 0.29) is 7.43 Å². The van der Waals surface area contributed by atoms with E-state index >= 15 is 0 Å². The maximum Gasteiger partial charge on any atom is -0.358 e. The van der Waals surface area contributed by atoms with Gasteiger partial charge in [0.1, 0.15) is 0 Å². The molecule has 0 rings (SSSR count). The van der Waals surface area contributed by atoms with E-state index < -0.39 is 21.6 Å². The molecule has 4 heteroatoms. The van der Waals surface area contributed by atoms with E-state index in [0.29, 0.717) is 0 Å². The Morgan fingerprint density at radius 1 is 1.22 bits per heavy atom. The Balaban J connectivity index is 0. The van der Waals surface area contributed by atoms with E-state index in [1.807, 2.05) is 0 Å². The molecule has 0 saturated heterocycles. The van der Waals surface area contributed by atoms with Crippen molar-refractivity contribution < 1.29 is 13.5 Å². The molecule has 0 atom stereocenters. The maximum absolute atomic E-state index is 5.65. The fraction of sp³-hybridized carbons (Fsp3) is 0.600. The van der Waals surface area contributed by atoms with E-state index in [9.17, 15) is 0 Å². The maximum atomic E-state index is 5.65.